The molecular weight excluding hydrogens is 554 g/mol. The number of ether oxygens (including phenoxy) is 5. The lowest BCUT2D eigenvalue weighted by molar-refractivity contribution is -0.200. The number of hydrogen-bond donors (Lipinski definition) is 2. The molecule has 0 amide bonds. The van der Waals surface area contributed by atoms with E-state index in [-0.39, 0.29) is 30.3 Å². The van der Waals surface area contributed by atoms with Crippen LogP contribution in [0.15, 0.2) is 65.7 Å². The molecule has 4 atom stereocenters. The lowest BCUT2D eigenvalue weighted by Gasteiger charge is -2.24. The van der Waals surface area contributed by atoms with Crippen LogP contribution in [0.5, 0.6) is 0 Å². The first kappa shape index (κ1) is 25.9. The van der Waals surface area contributed by atoms with E-state index in [1.807, 2.05) is 12.1 Å². The Balaban J connectivity index is 0.997. The summed E-state index contributed by atoms with van der Waals surface area (Å²) in [5.41, 5.74) is 6.54. The van der Waals surface area contributed by atoms with E-state index >= 15 is 0 Å². The maximum atomic E-state index is 12.8. The molecule has 3 N–H and O–H groups in total. The van der Waals surface area contributed by atoms with Crippen molar-refractivity contribution in [2.75, 3.05) is 12.3 Å². The molecule has 0 bridgehead atoms. The Labute approximate surface area is 243 Å². The number of carbonyl (C=O) groups excluding carboxylic acids is 1. The number of H-pyrrole nitrogens is 1. The first-order chi connectivity index (χ1) is 20.8. The number of anilines is 1. The van der Waals surface area contributed by atoms with Gasteiger partial charge >= 0.3 is 6.16 Å². The highest BCUT2D eigenvalue weighted by Crippen LogP contribution is 2.44. The van der Waals surface area contributed by atoms with E-state index in [1.54, 1.807) is 18.4 Å². The highest BCUT2D eigenvalue weighted by Gasteiger charge is 2.56. The fourth-order valence-electron chi connectivity index (χ4n) is 6.40. The second kappa shape index (κ2) is 9.36. The highest BCUT2D eigenvalue weighted by atomic mass is 16.8. The number of rotatable bonds is 5. The minimum absolute atomic E-state index is 0.0442. The number of aromatic amines is 1. The van der Waals surface area contributed by atoms with Gasteiger partial charge in [0.1, 0.15) is 31.5 Å². The van der Waals surface area contributed by atoms with E-state index in [0.29, 0.717) is 0 Å². The summed E-state index contributed by atoms with van der Waals surface area (Å²) < 4.78 is 31.1. The van der Waals surface area contributed by atoms with Crippen molar-refractivity contribution in [2.45, 2.75) is 50.8 Å². The van der Waals surface area contributed by atoms with Crippen molar-refractivity contribution in [1.29, 1.82) is 0 Å². The molecule has 8 rings (SSSR count). The maximum absolute atomic E-state index is 12.8. The van der Waals surface area contributed by atoms with Crippen LogP contribution in [0.25, 0.3) is 43.5 Å². The predicted octanol–water partition coefficient (Wildman–Crippen LogP) is 4.37. The molecule has 0 aliphatic carbocycles. The van der Waals surface area contributed by atoms with Crippen LogP contribution in [0.1, 0.15) is 25.6 Å². The van der Waals surface area contributed by atoms with Gasteiger partial charge in [0, 0.05) is 0 Å². The average Bonchev–Trinajstić information content (AvgIpc) is 3.64. The topological polar surface area (TPSA) is 153 Å². The molecule has 0 unspecified atom stereocenters. The first-order valence-electron chi connectivity index (χ1n) is 13.9. The van der Waals surface area contributed by atoms with E-state index in [9.17, 15) is 9.59 Å². The van der Waals surface area contributed by atoms with Gasteiger partial charge < -0.3 is 29.4 Å². The summed E-state index contributed by atoms with van der Waals surface area (Å²) in [5.74, 6) is -0.962. The standard InChI is InChI=1S/C31H27N5O7/c1-31(2)42-24-20(41-28(25(24)43-31)36-14-33-23-26(36)34-29(32)35-27(23)37)13-40-30(38)39-12-18-9-8-17-7-6-15-4-3-5-16-10-11-19(18)22(17)21(15)16/h3-11,14,20,24-25,28H,12-13H2,1-2H3,(H3,32,34,35,37)/t20-,24-,25-,28-/m1/s1. The Hall–Kier alpha value is -4.78. The molecule has 0 spiro atoms. The smallest absolute Gasteiger partial charge is 0.431 e. The summed E-state index contributed by atoms with van der Waals surface area (Å²) in [4.78, 5) is 35.9. The SMILES string of the molecule is CC1(C)O[C@@H]2[C@H](O1)[C@@H](COC(=O)OCc1ccc3ccc4cccc5ccc1c3c45)O[C@H]2n1cnc2c(=O)[nH]c(N)nc21. The quantitative estimate of drug-likeness (QED) is 0.222. The summed E-state index contributed by atoms with van der Waals surface area (Å²) in [6, 6.07) is 18.6. The van der Waals surface area contributed by atoms with Crippen LogP contribution in [-0.2, 0) is 30.3 Å². The lowest BCUT2D eigenvalue weighted by atomic mass is 9.92. The van der Waals surface area contributed by atoms with Crippen molar-refractivity contribution in [3.8, 4) is 0 Å². The third-order valence-corrected chi connectivity index (χ3v) is 8.18. The fraction of sp³-hybridized carbons (Fsp3) is 0.290. The van der Waals surface area contributed by atoms with Crippen molar-refractivity contribution in [3.63, 3.8) is 0 Å². The lowest BCUT2D eigenvalue weighted by Crippen LogP contribution is -2.33. The largest absolute Gasteiger partial charge is 0.508 e. The predicted molar refractivity (Wildman–Crippen MR) is 157 cm³/mol. The molecule has 2 aliphatic rings. The van der Waals surface area contributed by atoms with Crippen LogP contribution in [0.2, 0.25) is 0 Å². The van der Waals surface area contributed by atoms with E-state index < -0.39 is 42.0 Å². The van der Waals surface area contributed by atoms with E-state index in [1.165, 1.54) is 11.7 Å². The van der Waals surface area contributed by atoms with Crippen LogP contribution in [0.3, 0.4) is 0 Å². The summed E-state index contributed by atoms with van der Waals surface area (Å²) in [7, 11) is 0. The number of aromatic nitrogens is 4. The zero-order valence-corrected chi connectivity index (χ0v) is 23.3. The Bertz CT molecular complexity index is 2090. The number of nitrogens with one attached hydrogen (secondary N) is 1. The molecule has 12 heteroatoms. The Morgan fingerprint density at radius 2 is 1.72 bits per heavy atom. The van der Waals surface area contributed by atoms with E-state index in [0.717, 1.165) is 32.5 Å². The molecule has 2 aliphatic heterocycles. The Morgan fingerprint density at radius 3 is 2.53 bits per heavy atom. The zero-order valence-electron chi connectivity index (χ0n) is 23.3. The van der Waals surface area contributed by atoms with Gasteiger partial charge in [0.05, 0.1) is 6.33 Å². The third kappa shape index (κ3) is 4.17. The molecule has 43 heavy (non-hydrogen) atoms. The number of imidazole rings is 1. The number of carbonyl (C=O) groups is 1. The first-order valence-corrected chi connectivity index (χ1v) is 13.9. The van der Waals surface area contributed by atoms with Crippen molar-refractivity contribution in [3.05, 3.63) is 76.8 Å². The molecule has 4 aromatic carbocycles. The maximum Gasteiger partial charge on any atom is 0.508 e. The number of nitrogens with two attached hydrogens (primary N) is 1. The van der Waals surface area contributed by atoms with Crippen LogP contribution in [0, 0.1) is 0 Å². The second-order valence-electron chi connectivity index (χ2n) is 11.3. The van der Waals surface area contributed by atoms with Gasteiger partial charge in [-0.2, -0.15) is 4.98 Å². The Morgan fingerprint density at radius 1 is 1.00 bits per heavy atom. The van der Waals surface area contributed by atoms with Crippen molar-refractivity contribution >= 4 is 55.6 Å². The van der Waals surface area contributed by atoms with Gasteiger partial charge in [-0.25, -0.2) is 9.78 Å². The monoisotopic (exact) mass is 581 g/mol. The molecule has 2 fully saturated rings. The fourth-order valence-corrected chi connectivity index (χ4v) is 6.40. The normalized spacial score (nSPS) is 23.0. The second-order valence-corrected chi connectivity index (χ2v) is 11.3. The summed E-state index contributed by atoms with van der Waals surface area (Å²) >= 11 is 0. The minimum Gasteiger partial charge on any atom is -0.431 e. The molecule has 6 aromatic rings. The average molecular weight is 582 g/mol. The van der Waals surface area contributed by atoms with Gasteiger partial charge in [0.25, 0.3) is 5.56 Å². The van der Waals surface area contributed by atoms with Crippen LogP contribution in [0.4, 0.5) is 10.7 Å². The summed E-state index contributed by atoms with van der Waals surface area (Å²) in [6.07, 6.45) is -1.99. The van der Waals surface area contributed by atoms with Gasteiger partial charge in [-0.05, 0) is 51.7 Å². The summed E-state index contributed by atoms with van der Waals surface area (Å²) in [5, 5.41) is 6.82. The van der Waals surface area contributed by atoms with Crippen molar-refractivity contribution < 1.29 is 28.5 Å². The van der Waals surface area contributed by atoms with Gasteiger partial charge in [0.15, 0.2) is 23.2 Å². The molecule has 0 saturated carbocycles. The minimum atomic E-state index is -0.911. The van der Waals surface area contributed by atoms with E-state index in [4.69, 9.17) is 29.4 Å². The van der Waals surface area contributed by atoms with Crippen molar-refractivity contribution in [1.82, 2.24) is 19.5 Å². The molecule has 0 radical (unpaired) electrons. The van der Waals surface area contributed by atoms with Crippen LogP contribution >= 0.6 is 0 Å². The van der Waals surface area contributed by atoms with Crippen molar-refractivity contribution in [2.24, 2.45) is 0 Å². The number of nitrogen functional groups attached to an aromatic ring is 1. The van der Waals surface area contributed by atoms with Gasteiger partial charge in [-0.1, -0.05) is 54.6 Å². The van der Waals surface area contributed by atoms with Crippen LogP contribution < -0.4 is 11.3 Å². The molecule has 2 saturated heterocycles. The summed E-state index contributed by atoms with van der Waals surface area (Å²) in [6.45, 7) is 3.48. The number of hydrogen-bond acceptors (Lipinski definition) is 10. The number of fused-ring (bicyclic) bond motifs is 2. The van der Waals surface area contributed by atoms with Gasteiger partial charge in [-0.3, -0.25) is 14.3 Å². The van der Waals surface area contributed by atoms with Gasteiger partial charge in [0.2, 0.25) is 5.95 Å². The molecule has 2 aromatic heterocycles. The van der Waals surface area contributed by atoms with Gasteiger partial charge in [-0.15, -0.1) is 0 Å². The molecule has 218 valence electrons. The highest BCUT2D eigenvalue weighted by molar-refractivity contribution is 6.23. The molecule has 4 heterocycles. The zero-order chi connectivity index (χ0) is 29.5. The Kier molecular flexibility index (Phi) is 5.64. The third-order valence-electron chi connectivity index (χ3n) is 8.18. The number of nitrogens with zero attached hydrogens (tertiary/aromatic N) is 3. The number of benzene rings is 4. The molecular formula is C31H27N5O7. The van der Waals surface area contributed by atoms with E-state index in [2.05, 4.69) is 57.4 Å². The van der Waals surface area contributed by atoms with Crippen LogP contribution in [-0.4, -0.2) is 56.4 Å². The molecule has 12 nitrogen and oxygen atoms in total.